The number of hydrogen-bond donors (Lipinski definition) is 0. The standard InChI is InChI=1S/C11H13ClO/c1-3-9-5-4-6-10(7-9)11(12)8(2)13/h4-7,11H,3H2,1-2H3. The van der Waals surface area contributed by atoms with E-state index in [1.54, 1.807) is 0 Å². The summed E-state index contributed by atoms with van der Waals surface area (Å²) in [5.74, 6) is -0.00470. The minimum atomic E-state index is -0.494. The second-order valence-corrected chi connectivity index (χ2v) is 3.51. The molecule has 0 heterocycles. The SMILES string of the molecule is CCc1cccc(C(Cl)C(C)=O)c1. The summed E-state index contributed by atoms with van der Waals surface area (Å²) in [6.45, 7) is 3.59. The first kappa shape index (κ1) is 10.3. The van der Waals surface area contributed by atoms with Crippen molar-refractivity contribution in [2.75, 3.05) is 0 Å². The molecule has 1 rings (SSSR count). The van der Waals surface area contributed by atoms with Crippen LogP contribution in [0.5, 0.6) is 0 Å². The van der Waals surface area contributed by atoms with E-state index in [0.717, 1.165) is 12.0 Å². The molecular weight excluding hydrogens is 184 g/mol. The summed E-state index contributed by atoms with van der Waals surface area (Å²) in [6, 6.07) is 7.84. The fraction of sp³-hybridized carbons (Fsp3) is 0.364. The summed E-state index contributed by atoms with van der Waals surface area (Å²) in [7, 11) is 0. The Morgan fingerprint density at radius 3 is 2.77 bits per heavy atom. The van der Waals surface area contributed by atoms with Crippen LogP contribution < -0.4 is 0 Å². The van der Waals surface area contributed by atoms with Gasteiger partial charge in [-0.1, -0.05) is 31.2 Å². The predicted octanol–water partition coefficient (Wildman–Crippen LogP) is 3.12. The third-order valence-corrected chi connectivity index (χ3v) is 2.57. The Morgan fingerprint density at radius 2 is 2.23 bits per heavy atom. The average Bonchev–Trinajstić information content (AvgIpc) is 2.16. The first-order valence-corrected chi connectivity index (χ1v) is 4.82. The van der Waals surface area contributed by atoms with Crippen LogP contribution in [0.3, 0.4) is 0 Å². The van der Waals surface area contributed by atoms with Crippen molar-refractivity contribution < 1.29 is 4.79 Å². The van der Waals surface area contributed by atoms with Crippen LogP contribution in [0.1, 0.15) is 30.4 Å². The van der Waals surface area contributed by atoms with Crippen molar-refractivity contribution in [3.8, 4) is 0 Å². The molecule has 1 aromatic carbocycles. The number of carbonyl (C=O) groups is 1. The minimum absolute atomic E-state index is 0.00470. The molecule has 13 heavy (non-hydrogen) atoms. The molecular formula is C11H13ClO. The summed E-state index contributed by atoms with van der Waals surface area (Å²) in [6.07, 6.45) is 0.968. The van der Waals surface area contributed by atoms with Gasteiger partial charge in [-0.15, -0.1) is 11.6 Å². The molecule has 0 radical (unpaired) electrons. The highest BCUT2D eigenvalue weighted by molar-refractivity contribution is 6.30. The fourth-order valence-corrected chi connectivity index (χ4v) is 1.34. The molecule has 1 atom stereocenters. The maximum atomic E-state index is 11.0. The number of aryl methyl sites for hydroxylation is 1. The monoisotopic (exact) mass is 196 g/mol. The summed E-state index contributed by atoms with van der Waals surface area (Å²) >= 11 is 5.92. The zero-order valence-electron chi connectivity index (χ0n) is 7.88. The minimum Gasteiger partial charge on any atom is -0.298 e. The van der Waals surface area contributed by atoms with E-state index in [1.807, 2.05) is 24.3 Å². The number of rotatable bonds is 3. The first-order valence-electron chi connectivity index (χ1n) is 4.38. The van der Waals surface area contributed by atoms with Gasteiger partial charge in [-0.05, 0) is 24.5 Å². The van der Waals surface area contributed by atoms with Crippen molar-refractivity contribution in [3.05, 3.63) is 35.4 Å². The molecule has 1 aromatic rings. The Labute approximate surface area is 83.7 Å². The lowest BCUT2D eigenvalue weighted by Gasteiger charge is -2.06. The Bertz CT molecular complexity index is 307. The van der Waals surface area contributed by atoms with E-state index in [1.165, 1.54) is 12.5 Å². The number of benzene rings is 1. The van der Waals surface area contributed by atoms with Gasteiger partial charge in [-0.3, -0.25) is 4.79 Å². The van der Waals surface area contributed by atoms with Crippen LogP contribution in [-0.4, -0.2) is 5.78 Å². The predicted molar refractivity (Wildman–Crippen MR) is 55.1 cm³/mol. The van der Waals surface area contributed by atoms with Crippen LogP contribution >= 0.6 is 11.6 Å². The lowest BCUT2D eigenvalue weighted by Crippen LogP contribution is -2.01. The quantitative estimate of drug-likeness (QED) is 0.679. The van der Waals surface area contributed by atoms with Crippen molar-refractivity contribution in [2.24, 2.45) is 0 Å². The number of halogens is 1. The van der Waals surface area contributed by atoms with E-state index in [0.29, 0.717) is 0 Å². The van der Waals surface area contributed by atoms with Gasteiger partial charge in [-0.2, -0.15) is 0 Å². The lowest BCUT2D eigenvalue weighted by atomic mass is 10.0. The van der Waals surface area contributed by atoms with Crippen molar-refractivity contribution in [2.45, 2.75) is 25.6 Å². The van der Waals surface area contributed by atoms with E-state index < -0.39 is 5.38 Å². The molecule has 0 aliphatic carbocycles. The van der Waals surface area contributed by atoms with Gasteiger partial charge in [0.25, 0.3) is 0 Å². The summed E-state index contributed by atoms with van der Waals surface area (Å²) in [4.78, 5) is 11.0. The number of Topliss-reactive ketones (excluding diaryl/α,β-unsaturated/α-hetero) is 1. The van der Waals surface area contributed by atoms with Crippen LogP contribution in [-0.2, 0) is 11.2 Å². The third-order valence-electron chi connectivity index (χ3n) is 2.01. The molecule has 0 aliphatic rings. The number of hydrogen-bond acceptors (Lipinski definition) is 1. The largest absolute Gasteiger partial charge is 0.298 e. The van der Waals surface area contributed by atoms with Crippen molar-refractivity contribution in [1.82, 2.24) is 0 Å². The van der Waals surface area contributed by atoms with Crippen molar-refractivity contribution >= 4 is 17.4 Å². The Hall–Kier alpha value is -0.820. The number of alkyl halides is 1. The van der Waals surface area contributed by atoms with Crippen LogP contribution in [0.2, 0.25) is 0 Å². The van der Waals surface area contributed by atoms with E-state index in [2.05, 4.69) is 6.92 Å². The Balaban J connectivity index is 2.94. The summed E-state index contributed by atoms with van der Waals surface area (Å²) < 4.78 is 0. The van der Waals surface area contributed by atoms with Crippen molar-refractivity contribution in [1.29, 1.82) is 0 Å². The average molecular weight is 197 g/mol. The van der Waals surface area contributed by atoms with Crippen LogP contribution in [0, 0.1) is 0 Å². The third kappa shape index (κ3) is 2.56. The van der Waals surface area contributed by atoms with Gasteiger partial charge >= 0.3 is 0 Å². The summed E-state index contributed by atoms with van der Waals surface area (Å²) in [5.41, 5.74) is 2.11. The Kier molecular flexibility index (Phi) is 3.49. The van der Waals surface area contributed by atoms with Gasteiger partial charge in [0.15, 0.2) is 5.78 Å². The maximum Gasteiger partial charge on any atom is 0.152 e. The van der Waals surface area contributed by atoms with Crippen LogP contribution in [0.4, 0.5) is 0 Å². The highest BCUT2D eigenvalue weighted by Gasteiger charge is 2.12. The van der Waals surface area contributed by atoms with Gasteiger partial charge in [-0.25, -0.2) is 0 Å². The molecule has 0 aliphatic heterocycles. The van der Waals surface area contributed by atoms with Gasteiger partial charge < -0.3 is 0 Å². The molecule has 1 nitrogen and oxygen atoms in total. The zero-order chi connectivity index (χ0) is 9.84. The smallest absolute Gasteiger partial charge is 0.152 e. The Morgan fingerprint density at radius 1 is 1.54 bits per heavy atom. The molecule has 0 amide bonds. The van der Waals surface area contributed by atoms with E-state index >= 15 is 0 Å². The van der Waals surface area contributed by atoms with Crippen LogP contribution in [0.25, 0.3) is 0 Å². The highest BCUT2D eigenvalue weighted by atomic mass is 35.5. The molecule has 0 saturated carbocycles. The molecule has 70 valence electrons. The normalized spacial score (nSPS) is 12.5. The van der Waals surface area contributed by atoms with Crippen molar-refractivity contribution in [3.63, 3.8) is 0 Å². The van der Waals surface area contributed by atoms with Gasteiger partial charge in [0, 0.05) is 0 Å². The molecule has 2 heteroatoms. The van der Waals surface area contributed by atoms with E-state index in [4.69, 9.17) is 11.6 Å². The van der Waals surface area contributed by atoms with E-state index in [9.17, 15) is 4.79 Å². The highest BCUT2D eigenvalue weighted by Crippen LogP contribution is 2.22. The van der Waals surface area contributed by atoms with Crippen LogP contribution in [0.15, 0.2) is 24.3 Å². The maximum absolute atomic E-state index is 11.0. The molecule has 0 saturated heterocycles. The molecule has 0 spiro atoms. The molecule has 1 unspecified atom stereocenters. The van der Waals surface area contributed by atoms with Gasteiger partial charge in [0.2, 0.25) is 0 Å². The summed E-state index contributed by atoms with van der Waals surface area (Å²) in [5, 5.41) is -0.494. The topological polar surface area (TPSA) is 17.1 Å². The van der Waals surface area contributed by atoms with Gasteiger partial charge in [0.1, 0.15) is 5.38 Å². The lowest BCUT2D eigenvalue weighted by molar-refractivity contribution is -0.116. The fourth-order valence-electron chi connectivity index (χ4n) is 1.21. The second-order valence-electron chi connectivity index (χ2n) is 3.07. The molecule has 0 N–H and O–H groups in total. The number of ketones is 1. The zero-order valence-corrected chi connectivity index (χ0v) is 8.64. The number of carbonyl (C=O) groups excluding carboxylic acids is 1. The second kappa shape index (κ2) is 4.43. The van der Waals surface area contributed by atoms with E-state index in [-0.39, 0.29) is 5.78 Å². The molecule has 0 bridgehead atoms. The molecule has 0 aromatic heterocycles. The van der Waals surface area contributed by atoms with Gasteiger partial charge in [0.05, 0.1) is 0 Å². The molecule has 0 fully saturated rings. The first-order chi connectivity index (χ1) is 6.15.